The third kappa shape index (κ3) is 6.09. The quantitative estimate of drug-likeness (QED) is 0.154. The van der Waals surface area contributed by atoms with Gasteiger partial charge in [-0.05, 0) is 73.3 Å². The van der Waals surface area contributed by atoms with Crippen LogP contribution in [0.25, 0.3) is 22.0 Å². The van der Waals surface area contributed by atoms with E-state index in [2.05, 4.69) is 63.9 Å². The number of aromatic amines is 1. The van der Waals surface area contributed by atoms with Crippen LogP contribution in [0.5, 0.6) is 11.5 Å². The van der Waals surface area contributed by atoms with Crippen molar-refractivity contribution in [3.8, 4) is 28.7 Å². The van der Waals surface area contributed by atoms with Crippen LogP contribution in [0, 0.1) is 18.3 Å². The van der Waals surface area contributed by atoms with Gasteiger partial charge in [0.15, 0.2) is 11.5 Å². The van der Waals surface area contributed by atoms with E-state index in [0.29, 0.717) is 29.4 Å². The molecule has 0 amide bonds. The summed E-state index contributed by atoms with van der Waals surface area (Å²) in [5.41, 5.74) is 7.29. The Morgan fingerprint density at radius 2 is 1.85 bits per heavy atom. The fraction of sp³-hybridized carbons (Fsp3) is 0.212. The number of methoxy groups -OCH3 is 1. The molecule has 3 N–H and O–H groups in total. The molecule has 0 saturated carbocycles. The average Bonchev–Trinajstić information content (AvgIpc) is 3.48. The van der Waals surface area contributed by atoms with Crippen LogP contribution in [0.2, 0.25) is 0 Å². The van der Waals surface area contributed by atoms with Crippen molar-refractivity contribution < 1.29 is 9.47 Å². The zero-order chi connectivity index (χ0) is 27.7. The van der Waals surface area contributed by atoms with Gasteiger partial charge in [0.1, 0.15) is 12.7 Å². The number of nitriles is 1. The van der Waals surface area contributed by atoms with Gasteiger partial charge in [-0.3, -0.25) is 4.98 Å². The largest absolute Gasteiger partial charge is 0.493 e. The van der Waals surface area contributed by atoms with Gasteiger partial charge in [-0.15, -0.1) is 0 Å². The molecule has 0 aliphatic heterocycles. The molecule has 3 aromatic carbocycles. The second-order valence-electron chi connectivity index (χ2n) is 9.58. The molecule has 0 radical (unpaired) electrons. The summed E-state index contributed by atoms with van der Waals surface area (Å²) in [7, 11) is 1.63. The number of H-pyrrole nitrogens is 1. The van der Waals surface area contributed by atoms with Crippen LogP contribution in [0.4, 0.5) is 11.4 Å². The molecule has 5 aromatic rings. The van der Waals surface area contributed by atoms with Crippen molar-refractivity contribution in [3.63, 3.8) is 0 Å². The predicted molar refractivity (Wildman–Crippen MR) is 160 cm³/mol. The Balaban J connectivity index is 1.30. The lowest BCUT2D eigenvalue weighted by Crippen LogP contribution is -2.22. The van der Waals surface area contributed by atoms with Gasteiger partial charge in [0.2, 0.25) is 0 Å². The Morgan fingerprint density at radius 3 is 2.67 bits per heavy atom. The SMILES string of the molecule is COc1ccc(-c2cncc(C#N)c2Nc2ccc3[nH]ccc3c2C)cc1OCCNCCCc1ccccc1. The van der Waals surface area contributed by atoms with Crippen LogP contribution in [0.3, 0.4) is 0 Å². The van der Waals surface area contributed by atoms with E-state index >= 15 is 0 Å². The smallest absolute Gasteiger partial charge is 0.161 e. The lowest BCUT2D eigenvalue weighted by Gasteiger charge is -2.17. The maximum Gasteiger partial charge on any atom is 0.161 e. The molecule has 202 valence electrons. The number of hydrogen-bond acceptors (Lipinski definition) is 6. The van der Waals surface area contributed by atoms with Crippen LogP contribution >= 0.6 is 0 Å². The summed E-state index contributed by atoms with van der Waals surface area (Å²) in [4.78, 5) is 7.59. The molecule has 0 unspecified atom stereocenters. The third-order valence-electron chi connectivity index (χ3n) is 7.00. The fourth-order valence-corrected chi connectivity index (χ4v) is 4.83. The number of nitrogens with zero attached hydrogens (tertiary/aromatic N) is 2. The summed E-state index contributed by atoms with van der Waals surface area (Å²) < 4.78 is 11.7. The molecule has 0 spiro atoms. The van der Waals surface area contributed by atoms with Crippen LogP contribution in [0.15, 0.2) is 85.3 Å². The molecule has 7 nitrogen and oxygen atoms in total. The van der Waals surface area contributed by atoms with Crippen molar-refractivity contribution in [1.29, 1.82) is 5.26 Å². The standard InChI is InChI=1S/C33H33N5O2/c1-23-27-14-16-37-30(27)12-11-29(23)38-33-26(20-34)21-36-22-28(33)25-10-13-31(39-2)32(19-25)40-18-17-35-15-6-9-24-7-4-3-5-8-24/h3-5,7-8,10-14,16,19,21-22,35,37H,6,9,15,17-18H2,1-2H3,(H,36,38). The van der Waals surface area contributed by atoms with E-state index in [0.717, 1.165) is 59.2 Å². The fourth-order valence-electron chi connectivity index (χ4n) is 4.83. The van der Waals surface area contributed by atoms with Crippen LogP contribution in [0.1, 0.15) is 23.1 Å². The van der Waals surface area contributed by atoms with E-state index in [1.54, 1.807) is 19.5 Å². The Kier molecular flexibility index (Phi) is 8.60. The topological polar surface area (TPSA) is 95.0 Å². The number of fused-ring (bicyclic) bond motifs is 1. The highest BCUT2D eigenvalue weighted by molar-refractivity contribution is 5.91. The summed E-state index contributed by atoms with van der Waals surface area (Å²) in [5.74, 6) is 1.30. The monoisotopic (exact) mass is 531 g/mol. The third-order valence-corrected chi connectivity index (χ3v) is 7.00. The first kappa shape index (κ1) is 26.8. The van der Waals surface area contributed by atoms with E-state index in [-0.39, 0.29) is 0 Å². The number of aromatic nitrogens is 2. The number of nitrogens with one attached hydrogen (secondary N) is 3. The number of anilines is 2. The number of hydrogen-bond donors (Lipinski definition) is 3. The second kappa shape index (κ2) is 12.8. The van der Waals surface area contributed by atoms with E-state index in [9.17, 15) is 5.26 Å². The molecule has 0 aliphatic carbocycles. The van der Waals surface area contributed by atoms with Crippen molar-refractivity contribution in [1.82, 2.24) is 15.3 Å². The first-order valence-electron chi connectivity index (χ1n) is 13.5. The molecule has 40 heavy (non-hydrogen) atoms. The number of rotatable bonds is 12. The molecule has 0 fully saturated rings. The van der Waals surface area contributed by atoms with Gasteiger partial charge in [0.25, 0.3) is 0 Å². The van der Waals surface area contributed by atoms with Gasteiger partial charge >= 0.3 is 0 Å². The summed E-state index contributed by atoms with van der Waals surface area (Å²) in [6.45, 7) is 4.22. The number of aryl methyl sites for hydroxylation is 2. The zero-order valence-electron chi connectivity index (χ0n) is 22.8. The predicted octanol–water partition coefficient (Wildman–Crippen LogP) is 6.76. The summed E-state index contributed by atoms with van der Waals surface area (Å²) >= 11 is 0. The second-order valence-corrected chi connectivity index (χ2v) is 9.58. The highest BCUT2D eigenvalue weighted by atomic mass is 16.5. The molecule has 2 aromatic heterocycles. The molecule has 0 saturated heterocycles. The van der Waals surface area contributed by atoms with Crippen molar-refractivity contribution in [2.75, 3.05) is 32.1 Å². The molecule has 2 heterocycles. The van der Waals surface area contributed by atoms with Gasteiger partial charge in [-0.25, -0.2) is 0 Å². The molecular weight excluding hydrogens is 498 g/mol. The van der Waals surface area contributed by atoms with Gasteiger partial charge in [-0.2, -0.15) is 5.26 Å². The lowest BCUT2D eigenvalue weighted by molar-refractivity contribution is 0.292. The van der Waals surface area contributed by atoms with Gasteiger partial charge in [0.05, 0.1) is 18.4 Å². The minimum absolute atomic E-state index is 0.462. The Labute approximate surface area is 234 Å². The van der Waals surface area contributed by atoms with Crippen LogP contribution < -0.4 is 20.1 Å². The first-order valence-corrected chi connectivity index (χ1v) is 13.5. The minimum Gasteiger partial charge on any atom is -0.493 e. The van der Waals surface area contributed by atoms with Gasteiger partial charge in [0, 0.05) is 47.3 Å². The highest BCUT2D eigenvalue weighted by Crippen LogP contribution is 2.38. The van der Waals surface area contributed by atoms with Crippen molar-refractivity contribution in [3.05, 3.63) is 102 Å². The van der Waals surface area contributed by atoms with Crippen molar-refractivity contribution in [2.45, 2.75) is 19.8 Å². The number of benzene rings is 3. The number of ether oxygens (including phenoxy) is 2. The van der Waals surface area contributed by atoms with Gasteiger partial charge < -0.3 is 25.1 Å². The zero-order valence-corrected chi connectivity index (χ0v) is 22.8. The Hall–Kier alpha value is -4.80. The first-order chi connectivity index (χ1) is 19.7. The van der Waals surface area contributed by atoms with E-state index in [1.165, 1.54) is 5.56 Å². The molecule has 0 atom stereocenters. The molecule has 5 rings (SSSR count). The minimum atomic E-state index is 0.462. The molecule has 7 heteroatoms. The number of pyridine rings is 1. The normalized spacial score (nSPS) is 10.8. The molecule has 0 aliphatic rings. The van der Waals surface area contributed by atoms with Crippen LogP contribution in [-0.2, 0) is 6.42 Å². The summed E-state index contributed by atoms with van der Waals surface area (Å²) in [5, 5.41) is 18.0. The van der Waals surface area contributed by atoms with E-state index < -0.39 is 0 Å². The summed E-state index contributed by atoms with van der Waals surface area (Å²) in [6.07, 6.45) is 7.40. The van der Waals surface area contributed by atoms with Crippen molar-refractivity contribution in [2.24, 2.45) is 0 Å². The lowest BCUT2D eigenvalue weighted by atomic mass is 10.0. The Bertz CT molecular complexity index is 1620. The molecule has 0 bridgehead atoms. The van der Waals surface area contributed by atoms with Gasteiger partial charge in [-0.1, -0.05) is 36.4 Å². The summed E-state index contributed by atoms with van der Waals surface area (Å²) in [6, 6.07) is 24.7. The Morgan fingerprint density at radius 1 is 0.975 bits per heavy atom. The van der Waals surface area contributed by atoms with E-state index in [1.807, 2.05) is 42.6 Å². The highest BCUT2D eigenvalue weighted by Gasteiger charge is 2.16. The average molecular weight is 532 g/mol. The maximum atomic E-state index is 9.90. The maximum absolute atomic E-state index is 9.90. The van der Waals surface area contributed by atoms with Crippen LogP contribution in [-0.4, -0.2) is 36.8 Å². The molecular formula is C33H33N5O2. The van der Waals surface area contributed by atoms with E-state index in [4.69, 9.17) is 9.47 Å². The van der Waals surface area contributed by atoms with Crippen molar-refractivity contribution >= 4 is 22.3 Å².